The molecule has 2 atom stereocenters. The van der Waals surface area contributed by atoms with Gasteiger partial charge in [0.1, 0.15) is 0 Å². The highest BCUT2D eigenvalue weighted by molar-refractivity contribution is 7.99. The molecule has 1 aliphatic heterocycles. The van der Waals surface area contributed by atoms with Crippen molar-refractivity contribution in [2.75, 3.05) is 19.7 Å². The molecule has 0 spiro atoms. The lowest BCUT2D eigenvalue weighted by Gasteiger charge is -2.37. The van der Waals surface area contributed by atoms with Crippen LogP contribution in [0.1, 0.15) is 32.3 Å². The van der Waals surface area contributed by atoms with E-state index in [1.54, 1.807) is 23.9 Å². The van der Waals surface area contributed by atoms with Crippen LogP contribution in [0.2, 0.25) is 0 Å². The molecule has 1 N–H and O–H groups in total. The number of nitrogens with zero attached hydrogens (tertiary/aromatic N) is 1. The summed E-state index contributed by atoms with van der Waals surface area (Å²) < 4.78 is 6.26. The quantitative estimate of drug-likeness (QED) is 0.504. The Labute approximate surface area is 187 Å². The average molecular weight is 434 g/mol. The van der Waals surface area contributed by atoms with Crippen molar-refractivity contribution >= 4 is 17.7 Å². The molecule has 0 bridgehead atoms. The zero-order valence-corrected chi connectivity index (χ0v) is 18.4. The second kappa shape index (κ2) is 10.1. The molecule has 1 aliphatic rings. The van der Waals surface area contributed by atoms with Crippen molar-refractivity contribution in [1.29, 1.82) is 0 Å². The molecule has 0 aliphatic carbocycles. The number of carbonyl (C=O) groups is 1. The predicted molar refractivity (Wildman–Crippen MR) is 125 cm³/mol. The largest absolute Gasteiger partial charge is 0.478 e. The van der Waals surface area contributed by atoms with Gasteiger partial charge in [0.15, 0.2) is 0 Å². The monoisotopic (exact) mass is 433 g/mol. The second-order valence-corrected chi connectivity index (χ2v) is 8.99. The van der Waals surface area contributed by atoms with Crippen LogP contribution < -0.4 is 0 Å². The molecule has 1 fully saturated rings. The lowest BCUT2D eigenvalue weighted by atomic mass is 10.1. The fourth-order valence-electron chi connectivity index (χ4n) is 4.01. The van der Waals surface area contributed by atoms with Crippen molar-refractivity contribution in [1.82, 2.24) is 4.90 Å². The van der Waals surface area contributed by atoms with Gasteiger partial charge in [0.25, 0.3) is 0 Å². The van der Waals surface area contributed by atoms with Gasteiger partial charge in [-0.15, -0.1) is 11.8 Å². The Morgan fingerprint density at radius 1 is 1.06 bits per heavy atom. The Morgan fingerprint density at radius 3 is 2.48 bits per heavy atom. The maximum absolute atomic E-state index is 11.9. The normalized spacial score (nSPS) is 17.9. The standard InChI is InChI=1S/C26H27NO3S/c1-19-9-8-14-22(26(28)29)24(19)31-25(21-12-6-3-7-13-21)23-18-27(15-16-30-23)17-20-10-4-2-5-11-20/h2-14,23,25H,15-18H2,1H3,(H,28,29)/t23?,25-/m1/s1. The molecule has 3 aromatic carbocycles. The summed E-state index contributed by atoms with van der Waals surface area (Å²) in [6, 6.07) is 26.2. The molecule has 4 nitrogen and oxygen atoms in total. The zero-order valence-electron chi connectivity index (χ0n) is 17.6. The summed E-state index contributed by atoms with van der Waals surface area (Å²) in [7, 11) is 0. The van der Waals surface area contributed by atoms with Gasteiger partial charge in [-0.05, 0) is 29.7 Å². The molecule has 160 valence electrons. The Kier molecular flexibility index (Phi) is 7.07. The van der Waals surface area contributed by atoms with Crippen molar-refractivity contribution in [3.63, 3.8) is 0 Å². The third-order valence-electron chi connectivity index (χ3n) is 5.58. The van der Waals surface area contributed by atoms with Gasteiger partial charge >= 0.3 is 5.97 Å². The van der Waals surface area contributed by atoms with Crippen LogP contribution in [0.4, 0.5) is 0 Å². The summed E-state index contributed by atoms with van der Waals surface area (Å²) in [5, 5.41) is 9.74. The Morgan fingerprint density at radius 2 is 1.77 bits per heavy atom. The predicted octanol–water partition coefficient (Wildman–Crippen LogP) is 5.43. The van der Waals surface area contributed by atoms with Gasteiger partial charge in [-0.25, -0.2) is 4.79 Å². The number of hydrogen-bond acceptors (Lipinski definition) is 4. The second-order valence-electron chi connectivity index (χ2n) is 7.84. The highest BCUT2D eigenvalue weighted by atomic mass is 32.2. The van der Waals surface area contributed by atoms with E-state index in [4.69, 9.17) is 4.74 Å². The molecular weight excluding hydrogens is 406 g/mol. The molecule has 31 heavy (non-hydrogen) atoms. The molecular formula is C26H27NO3S. The van der Waals surface area contributed by atoms with Crippen LogP contribution in [0.25, 0.3) is 0 Å². The molecule has 0 radical (unpaired) electrons. The van der Waals surface area contributed by atoms with E-state index in [2.05, 4.69) is 41.3 Å². The number of morpholine rings is 1. The van der Waals surface area contributed by atoms with E-state index in [9.17, 15) is 9.90 Å². The zero-order chi connectivity index (χ0) is 21.6. The van der Waals surface area contributed by atoms with Crippen molar-refractivity contribution < 1.29 is 14.6 Å². The van der Waals surface area contributed by atoms with Crippen molar-refractivity contribution in [2.24, 2.45) is 0 Å². The van der Waals surface area contributed by atoms with Gasteiger partial charge in [-0.3, -0.25) is 4.90 Å². The van der Waals surface area contributed by atoms with Crippen LogP contribution in [-0.4, -0.2) is 41.8 Å². The van der Waals surface area contributed by atoms with Crippen LogP contribution in [0.5, 0.6) is 0 Å². The number of aromatic carboxylic acids is 1. The topological polar surface area (TPSA) is 49.8 Å². The molecule has 0 aromatic heterocycles. The lowest BCUT2D eigenvalue weighted by molar-refractivity contribution is -0.0319. The van der Waals surface area contributed by atoms with Crippen LogP contribution >= 0.6 is 11.8 Å². The number of ether oxygens (including phenoxy) is 1. The smallest absolute Gasteiger partial charge is 0.336 e. The highest BCUT2D eigenvalue weighted by Crippen LogP contribution is 2.42. The highest BCUT2D eigenvalue weighted by Gasteiger charge is 2.31. The van der Waals surface area contributed by atoms with Gasteiger partial charge in [0, 0.05) is 24.5 Å². The van der Waals surface area contributed by atoms with Crippen LogP contribution in [0, 0.1) is 6.92 Å². The van der Waals surface area contributed by atoms with Gasteiger partial charge < -0.3 is 9.84 Å². The van der Waals surface area contributed by atoms with Crippen LogP contribution in [-0.2, 0) is 11.3 Å². The number of hydrogen-bond donors (Lipinski definition) is 1. The lowest BCUT2D eigenvalue weighted by Crippen LogP contribution is -2.44. The molecule has 0 saturated carbocycles. The Balaban J connectivity index is 1.61. The molecule has 0 amide bonds. The molecule has 5 heteroatoms. The first-order valence-electron chi connectivity index (χ1n) is 10.5. The summed E-state index contributed by atoms with van der Waals surface area (Å²) in [6.45, 7) is 5.22. The molecule has 1 unspecified atom stereocenters. The maximum atomic E-state index is 11.9. The number of carboxylic acid groups (broad SMARTS) is 1. The van der Waals surface area contributed by atoms with Crippen LogP contribution in [0.3, 0.4) is 0 Å². The van der Waals surface area contributed by atoms with E-state index < -0.39 is 5.97 Å². The molecule has 4 rings (SSSR count). The summed E-state index contributed by atoms with van der Waals surface area (Å²) in [5.74, 6) is -0.895. The van der Waals surface area contributed by atoms with Crippen molar-refractivity contribution in [2.45, 2.75) is 29.7 Å². The van der Waals surface area contributed by atoms with Gasteiger partial charge in [-0.2, -0.15) is 0 Å². The minimum absolute atomic E-state index is 0.000951. The molecule has 1 saturated heterocycles. The number of aryl methyl sites for hydroxylation is 1. The fraction of sp³-hybridized carbons (Fsp3) is 0.269. The van der Waals surface area contributed by atoms with E-state index >= 15 is 0 Å². The van der Waals surface area contributed by atoms with E-state index in [1.165, 1.54) is 5.56 Å². The van der Waals surface area contributed by atoms with E-state index in [1.807, 2.05) is 37.3 Å². The fourth-order valence-corrected chi connectivity index (χ4v) is 5.41. The first kappa shape index (κ1) is 21.6. The van der Waals surface area contributed by atoms with Gasteiger partial charge in [0.2, 0.25) is 0 Å². The Hall–Kier alpha value is -2.60. The first-order valence-corrected chi connectivity index (χ1v) is 11.4. The van der Waals surface area contributed by atoms with Crippen molar-refractivity contribution in [3.05, 3.63) is 101 Å². The number of thioether (sulfide) groups is 1. The van der Waals surface area contributed by atoms with E-state index in [0.717, 1.165) is 35.7 Å². The SMILES string of the molecule is Cc1cccc(C(=O)O)c1S[C@H](c1ccccc1)C1CN(Cc2ccccc2)CCO1. The third-order valence-corrected chi connectivity index (χ3v) is 7.19. The molecule has 1 heterocycles. The average Bonchev–Trinajstić information content (AvgIpc) is 2.79. The molecule has 3 aromatic rings. The van der Waals surface area contributed by atoms with E-state index in [0.29, 0.717) is 12.2 Å². The van der Waals surface area contributed by atoms with E-state index in [-0.39, 0.29) is 11.4 Å². The summed E-state index contributed by atoms with van der Waals surface area (Å²) in [6.07, 6.45) is -0.0360. The number of benzene rings is 3. The van der Waals surface area contributed by atoms with Crippen LogP contribution in [0.15, 0.2) is 83.8 Å². The summed E-state index contributed by atoms with van der Waals surface area (Å²) in [5.41, 5.74) is 3.77. The summed E-state index contributed by atoms with van der Waals surface area (Å²) >= 11 is 1.61. The summed E-state index contributed by atoms with van der Waals surface area (Å²) in [4.78, 5) is 15.1. The van der Waals surface area contributed by atoms with Gasteiger partial charge in [0.05, 0.1) is 23.5 Å². The minimum atomic E-state index is -0.895. The third kappa shape index (κ3) is 5.37. The minimum Gasteiger partial charge on any atom is -0.478 e. The first-order chi connectivity index (χ1) is 15.1. The van der Waals surface area contributed by atoms with Crippen molar-refractivity contribution in [3.8, 4) is 0 Å². The maximum Gasteiger partial charge on any atom is 0.336 e. The van der Waals surface area contributed by atoms with Gasteiger partial charge in [-0.1, -0.05) is 72.8 Å². The Bertz CT molecular complexity index is 1010. The number of carboxylic acids is 1. The number of rotatable bonds is 7.